The number of carbonyl (C=O) groups is 1. The Kier molecular flexibility index (Phi) is 4.55. The predicted octanol–water partition coefficient (Wildman–Crippen LogP) is 3.36. The smallest absolute Gasteiger partial charge is 0.278 e. The van der Waals surface area contributed by atoms with E-state index in [2.05, 4.69) is 15.5 Å². The van der Waals surface area contributed by atoms with Crippen molar-refractivity contribution in [3.8, 4) is 0 Å². The fraction of sp³-hybridized carbons (Fsp3) is 0.133. The molecule has 0 saturated carbocycles. The van der Waals surface area contributed by atoms with Crippen molar-refractivity contribution in [2.45, 2.75) is 6.54 Å². The van der Waals surface area contributed by atoms with Crippen molar-refractivity contribution in [2.75, 3.05) is 5.32 Å². The molecule has 0 spiro atoms. The lowest BCUT2D eigenvalue weighted by Gasteiger charge is -2.02. The quantitative estimate of drug-likeness (QED) is 0.768. The van der Waals surface area contributed by atoms with E-state index >= 15 is 0 Å². The first kappa shape index (κ1) is 16.5. The van der Waals surface area contributed by atoms with E-state index in [1.54, 1.807) is 25.4 Å². The van der Waals surface area contributed by atoms with E-state index in [9.17, 15) is 9.18 Å². The van der Waals surface area contributed by atoms with E-state index in [0.29, 0.717) is 6.54 Å². The number of benzene rings is 1. The van der Waals surface area contributed by atoms with Gasteiger partial charge in [0.2, 0.25) is 0 Å². The van der Waals surface area contributed by atoms with Gasteiger partial charge in [-0.05, 0) is 17.7 Å². The summed E-state index contributed by atoms with van der Waals surface area (Å²) in [4.78, 5) is 12.2. The van der Waals surface area contributed by atoms with Crippen LogP contribution in [0.5, 0.6) is 0 Å². The molecule has 0 aliphatic rings. The molecule has 0 aliphatic heterocycles. The van der Waals surface area contributed by atoms with E-state index < -0.39 is 5.91 Å². The van der Waals surface area contributed by atoms with Gasteiger partial charge in [0.05, 0.1) is 11.6 Å². The number of aromatic nitrogens is 4. The van der Waals surface area contributed by atoms with Crippen LogP contribution in [0.25, 0.3) is 0 Å². The van der Waals surface area contributed by atoms with Crippen LogP contribution in [-0.2, 0) is 13.6 Å². The molecule has 6 nitrogen and oxygen atoms in total. The second-order valence-corrected chi connectivity index (χ2v) is 5.92. The zero-order valence-electron chi connectivity index (χ0n) is 12.5. The van der Waals surface area contributed by atoms with Gasteiger partial charge < -0.3 is 5.32 Å². The van der Waals surface area contributed by atoms with Crippen molar-refractivity contribution in [3.05, 3.63) is 63.8 Å². The Hall–Kier alpha value is -2.38. The van der Waals surface area contributed by atoms with E-state index in [-0.39, 0.29) is 27.4 Å². The van der Waals surface area contributed by atoms with Crippen molar-refractivity contribution in [1.29, 1.82) is 0 Å². The first-order valence-corrected chi connectivity index (χ1v) is 7.66. The second-order valence-electron chi connectivity index (χ2n) is 5.11. The average molecular weight is 368 g/mol. The van der Waals surface area contributed by atoms with Gasteiger partial charge in [0.15, 0.2) is 11.5 Å². The van der Waals surface area contributed by atoms with Crippen molar-refractivity contribution in [1.82, 2.24) is 19.6 Å². The van der Waals surface area contributed by atoms with Gasteiger partial charge in [0.25, 0.3) is 5.91 Å². The molecule has 2 heterocycles. The van der Waals surface area contributed by atoms with Gasteiger partial charge in [-0.15, -0.1) is 0 Å². The lowest BCUT2D eigenvalue weighted by molar-refractivity contribution is 0.102. The largest absolute Gasteiger partial charge is 0.302 e. The normalized spacial score (nSPS) is 10.8. The molecule has 3 aromatic rings. The number of nitrogens with one attached hydrogen (secondary N) is 1. The number of nitrogens with zero attached hydrogens (tertiary/aromatic N) is 4. The third-order valence-electron chi connectivity index (χ3n) is 3.18. The maximum atomic E-state index is 13.2. The van der Waals surface area contributed by atoms with Crippen molar-refractivity contribution >= 4 is 34.9 Å². The van der Waals surface area contributed by atoms with Gasteiger partial charge >= 0.3 is 0 Å². The highest BCUT2D eigenvalue weighted by Gasteiger charge is 2.18. The topological polar surface area (TPSA) is 64.7 Å². The average Bonchev–Trinajstić information content (AvgIpc) is 3.01. The van der Waals surface area contributed by atoms with Gasteiger partial charge in [-0.1, -0.05) is 35.3 Å². The Morgan fingerprint density at radius 1 is 1.25 bits per heavy atom. The molecule has 2 aromatic heterocycles. The standard InChI is InChI=1S/C15H12Cl2FN5O/c1-22-7-11(16)13(20-22)15(24)19-14-12(17)8-23(21-14)6-9-3-2-4-10(18)5-9/h2-5,7-8H,6H2,1H3,(H,19,21,24). The maximum Gasteiger partial charge on any atom is 0.278 e. The molecule has 1 aromatic carbocycles. The predicted molar refractivity (Wildman–Crippen MR) is 88.9 cm³/mol. The van der Waals surface area contributed by atoms with Gasteiger partial charge in [-0.3, -0.25) is 14.2 Å². The molecule has 9 heteroatoms. The Morgan fingerprint density at radius 2 is 2.04 bits per heavy atom. The molecule has 124 valence electrons. The molecule has 1 N–H and O–H groups in total. The zero-order chi connectivity index (χ0) is 17.3. The molecular weight excluding hydrogens is 356 g/mol. The molecule has 1 amide bonds. The van der Waals surface area contributed by atoms with Crippen LogP contribution in [0, 0.1) is 5.82 Å². The van der Waals surface area contributed by atoms with E-state index in [4.69, 9.17) is 23.2 Å². The van der Waals surface area contributed by atoms with Crippen LogP contribution in [0.4, 0.5) is 10.2 Å². The van der Waals surface area contributed by atoms with Crippen LogP contribution >= 0.6 is 23.2 Å². The minimum absolute atomic E-state index is 0.0786. The summed E-state index contributed by atoms with van der Waals surface area (Å²) in [5, 5.41) is 11.2. The number of hydrogen-bond donors (Lipinski definition) is 1. The lowest BCUT2D eigenvalue weighted by atomic mass is 10.2. The molecule has 0 fully saturated rings. The maximum absolute atomic E-state index is 13.2. The summed E-state index contributed by atoms with van der Waals surface area (Å²) in [5.74, 6) is -0.664. The van der Waals surface area contributed by atoms with Gasteiger partial charge in [-0.25, -0.2) is 4.39 Å². The molecule has 0 saturated heterocycles. The summed E-state index contributed by atoms with van der Waals surface area (Å²) in [6.45, 7) is 0.317. The van der Waals surface area contributed by atoms with Crippen LogP contribution in [-0.4, -0.2) is 25.5 Å². The molecule has 0 atom stereocenters. The number of carbonyl (C=O) groups excluding carboxylic acids is 1. The molecule has 3 rings (SSSR count). The second kappa shape index (κ2) is 6.62. The van der Waals surface area contributed by atoms with Crippen molar-refractivity contribution in [2.24, 2.45) is 7.05 Å². The summed E-state index contributed by atoms with van der Waals surface area (Å²) in [6, 6.07) is 6.15. The highest BCUT2D eigenvalue weighted by molar-refractivity contribution is 6.35. The molecule has 0 unspecified atom stereocenters. The number of halogens is 3. The molecule has 0 radical (unpaired) electrons. The summed E-state index contributed by atoms with van der Waals surface area (Å²) < 4.78 is 16.2. The highest BCUT2D eigenvalue weighted by atomic mass is 35.5. The van der Waals surface area contributed by atoms with Gasteiger partial charge in [0, 0.05) is 19.4 Å². The fourth-order valence-electron chi connectivity index (χ4n) is 2.17. The molecule has 0 bridgehead atoms. The number of hydrogen-bond acceptors (Lipinski definition) is 3. The van der Waals surface area contributed by atoms with E-state index in [1.807, 2.05) is 0 Å². The summed E-state index contributed by atoms with van der Waals surface area (Å²) in [5.41, 5.74) is 0.801. The molecule has 0 aliphatic carbocycles. The van der Waals surface area contributed by atoms with Crippen LogP contribution in [0.2, 0.25) is 10.0 Å². The highest BCUT2D eigenvalue weighted by Crippen LogP contribution is 2.22. The van der Waals surface area contributed by atoms with Gasteiger partial charge in [0.1, 0.15) is 10.8 Å². The molecule has 24 heavy (non-hydrogen) atoms. The summed E-state index contributed by atoms with van der Waals surface area (Å²) >= 11 is 12.0. The Balaban J connectivity index is 1.76. The number of anilines is 1. The monoisotopic (exact) mass is 367 g/mol. The Bertz CT molecular complexity index is 905. The third kappa shape index (κ3) is 3.58. The zero-order valence-corrected chi connectivity index (χ0v) is 14.0. The SMILES string of the molecule is Cn1cc(Cl)c(C(=O)Nc2nn(Cc3cccc(F)c3)cc2Cl)n1. The van der Waals surface area contributed by atoms with Crippen LogP contribution in [0.3, 0.4) is 0 Å². The lowest BCUT2D eigenvalue weighted by Crippen LogP contribution is -2.14. The number of rotatable bonds is 4. The Labute approximate surface area is 146 Å². The summed E-state index contributed by atoms with van der Waals surface area (Å²) in [7, 11) is 1.66. The van der Waals surface area contributed by atoms with E-state index in [0.717, 1.165) is 5.56 Å². The Morgan fingerprint density at radius 3 is 2.71 bits per heavy atom. The van der Waals surface area contributed by atoms with Crippen LogP contribution < -0.4 is 5.32 Å². The number of amides is 1. The van der Waals surface area contributed by atoms with Crippen molar-refractivity contribution < 1.29 is 9.18 Å². The number of aryl methyl sites for hydroxylation is 1. The first-order chi connectivity index (χ1) is 11.4. The minimum atomic E-state index is -0.515. The first-order valence-electron chi connectivity index (χ1n) is 6.90. The van der Waals surface area contributed by atoms with Crippen LogP contribution in [0.1, 0.15) is 16.1 Å². The van der Waals surface area contributed by atoms with Gasteiger partial charge in [-0.2, -0.15) is 10.2 Å². The fourth-order valence-corrected chi connectivity index (χ4v) is 2.63. The third-order valence-corrected chi connectivity index (χ3v) is 3.73. The minimum Gasteiger partial charge on any atom is -0.302 e. The van der Waals surface area contributed by atoms with Crippen LogP contribution in [0.15, 0.2) is 36.7 Å². The van der Waals surface area contributed by atoms with Crippen molar-refractivity contribution in [3.63, 3.8) is 0 Å². The molecular formula is C15H12Cl2FN5O. The van der Waals surface area contributed by atoms with E-state index in [1.165, 1.54) is 27.7 Å². The summed E-state index contributed by atoms with van der Waals surface area (Å²) in [6.07, 6.45) is 3.06.